The number of likely N-dealkylation sites (N-methyl/N-ethyl adjacent to an activating group) is 3. The average molecular weight is 1310 g/mol. The number of tetrazole rings is 6. The number of aryl methyl sites for hydroxylation is 5. The number of imide groups is 2. The quantitative estimate of drug-likeness (QED) is 0.0185. The number of carbonyl (C=O) groups excluding carboxylic acids is 7. The summed E-state index contributed by atoms with van der Waals surface area (Å²) in [5.74, 6) is -0.448. The number of amides is 6. The maximum atomic E-state index is 11.7. The fourth-order valence-corrected chi connectivity index (χ4v) is 8.71. The highest BCUT2D eigenvalue weighted by molar-refractivity contribution is 8.15. The molecule has 1 fully saturated rings. The number of hydrogen-bond acceptors (Lipinski definition) is 35. The normalized spacial score (nSPS) is 14.0. The standard InChI is InChI=1S/C11H13N5O3.C10H13N5O3.C9H12N6O3.C8H14N10O.C8H12N6O2S.CH4/c1-16(4-2-3-10-12-14-15-13-10)8-5-7(17)6-9(18)11(8)19;1-15(4-2-3-9-11-13-14-12-9)7-5-18-6-8(16)10(7)17;1-15(4-2-3-5-11-13-14-12-5)6-7(16)9(18)10-8(6)17;1-18(4-2-3-6-10-14-15-11-6)8(19)9-5-7-12-16-17-13-7;1-14(7-6(15)9-8(16)17-7)4-2-3-5-10-12-13-11-5;/h5-6,18H,2-4H2,1H3,(H,12,13,14,15);5-6,16H,2-4H2,1H3,(H,11,12,13,14);2-4H2,1H3,(H2,10,16,17,18)(H,11,12,13,14);2-5H2,1H3,(H,9,19)(H,10,11,14,15)(H,12,13,16,17);7H,2-4H2,1H3,(H,9,15,16)(H,10,11,12,13);1H4. The van der Waals surface area contributed by atoms with Gasteiger partial charge in [0.05, 0.1) is 12.2 Å². The van der Waals surface area contributed by atoms with E-state index < -0.39 is 51.5 Å². The van der Waals surface area contributed by atoms with Crippen LogP contribution in [0.5, 0.6) is 5.75 Å². The fourth-order valence-electron chi connectivity index (χ4n) is 7.89. The van der Waals surface area contributed by atoms with Crippen molar-refractivity contribution in [2.75, 3.05) is 72.9 Å². The second kappa shape index (κ2) is 36.8. The number of aromatic nitrogens is 24. The lowest BCUT2D eigenvalue weighted by Crippen LogP contribution is -2.37. The molecule has 9 heterocycles. The van der Waals surface area contributed by atoms with Crippen LogP contribution in [-0.4, -0.2) is 273 Å². The van der Waals surface area contributed by atoms with Crippen LogP contribution in [0.25, 0.3) is 0 Å². The van der Waals surface area contributed by atoms with Crippen LogP contribution in [0.1, 0.15) is 74.5 Å². The molecule has 1 aliphatic carbocycles. The number of anilines is 1. The Labute approximate surface area is 524 Å². The summed E-state index contributed by atoms with van der Waals surface area (Å²) in [6.07, 6.45) is 11.3. The number of hydrogen-bond donors (Lipinski definition) is 12. The smallest absolute Gasteiger partial charge is 0.317 e. The summed E-state index contributed by atoms with van der Waals surface area (Å²) in [4.78, 5) is 99.4. The summed E-state index contributed by atoms with van der Waals surface area (Å²) in [5.41, 5.74) is 0.0673. The van der Waals surface area contributed by atoms with Crippen LogP contribution in [0.3, 0.4) is 0 Å². The molecule has 0 aromatic carbocycles. The van der Waals surface area contributed by atoms with Gasteiger partial charge in [0, 0.05) is 98.6 Å². The molecular formula is C47H68N32O12S. The van der Waals surface area contributed by atoms with Crippen LogP contribution in [0.15, 0.2) is 56.8 Å². The van der Waals surface area contributed by atoms with Crippen LogP contribution >= 0.6 is 11.8 Å². The zero-order valence-corrected chi connectivity index (χ0v) is 50.2. The number of rotatable bonds is 26. The Morgan fingerprint density at radius 1 is 0.554 bits per heavy atom. The molecular weight excluding hydrogens is 1240 g/mol. The predicted octanol–water partition coefficient (Wildman–Crippen LogP) is -3.54. The van der Waals surface area contributed by atoms with E-state index in [0.717, 1.165) is 43.4 Å². The Balaban J connectivity index is 0.000000208. The lowest BCUT2D eigenvalue weighted by Gasteiger charge is -2.22. The molecule has 6 amide bonds. The molecule has 2 aliphatic heterocycles. The third kappa shape index (κ3) is 22.9. The molecule has 7 aromatic heterocycles. The first-order valence-corrected chi connectivity index (χ1v) is 28.1. The number of H-pyrrole nitrogens is 6. The molecule has 0 spiro atoms. The number of carbonyl (C=O) groups is 7. The number of aliphatic hydroxyl groups excluding tert-OH is 2. The fraction of sp³-hybridized carbons (Fsp3) is 0.489. The minimum atomic E-state index is -0.764. The van der Waals surface area contributed by atoms with Gasteiger partial charge in [0.2, 0.25) is 22.7 Å². The molecule has 0 radical (unpaired) electrons. The van der Waals surface area contributed by atoms with E-state index in [1.165, 1.54) is 17.2 Å². The van der Waals surface area contributed by atoms with E-state index in [1.807, 2.05) is 17.3 Å². The number of aromatic amines is 6. The van der Waals surface area contributed by atoms with Crippen molar-refractivity contribution in [3.8, 4) is 5.75 Å². The van der Waals surface area contributed by atoms with Gasteiger partial charge < -0.3 is 44.7 Å². The largest absolute Gasteiger partial charge is 0.504 e. The molecule has 10 rings (SSSR count). The number of urea groups is 1. The molecule has 0 saturated carbocycles. The van der Waals surface area contributed by atoms with E-state index in [9.17, 15) is 53.7 Å². The Morgan fingerprint density at radius 2 is 1.00 bits per heavy atom. The summed E-state index contributed by atoms with van der Waals surface area (Å²) < 4.78 is 4.86. The molecule has 45 heteroatoms. The van der Waals surface area contributed by atoms with Crippen LogP contribution in [0.2, 0.25) is 0 Å². The van der Waals surface area contributed by atoms with E-state index in [1.54, 1.807) is 42.9 Å². The van der Waals surface area contributed by atoms with Gasteiger partial charge in [-0.05, 0) is 57.5 Å². The molecule has 12 N–H and O–H groups in total. The van der Waals surface area contributed by atoms with Crippen molar-refractivity contribution in [2.24, 2.45) is 0 Å². The monoisotopic (exact) mass is 1300 g/mol. The van der Waals surface area contributed by atoms with Gasteiger partial charge in [-0.1, -0.05) is 38.7 Å². The second-order valence-electron chi connectivity index (χ2n) is 19.3. The second-order valence-corrected chi connectivity index (χ2v) is 20.4. The summed E-state index contributed by atoms with van der Waals surface area (Å²) in [6, 6.07) is -0.196. The number of nitrogens with zero attached hydrogens (tertiary/aromatic N) is 23. The van der Waals surface area contributed by atoms with Crippen LogP contribution in [0, 0.1) is 0 Å². The Bertz CT molecular complexity index is 3560. The highest BCUT2D eigenvalue weighted by Gasteiger charge is 2.35. The Kier molecular flexibility index (Phi) is 28.5. The van der Waals surface area contributed by atoms with Gasteiger partial charge in [-0.15, -0.1) is 61.2 Å². The van der Waals surface area contributed by atoms with Crippen molar-refractivity contribution in [2.45, 2.75) is 83.6 Å². The topological polar surface area (TPSA) is 589 Å². The molecule has 7 aromatic rings. The first-order valence-electron chi connectivity index (χ1n) is 27.2. The number of allylic oxidation sites excluding steroid dienone is 2. The van der Waals surface area contributed by atoms with E-state index in [4.69, 9.17) is 4.42 Å². The van der Waals surface area contributed by atoms with Gasteiger partial charge >= 0.3 is 6.03 Å². The molecule has 3 aliphatic rings. The number of thioether (sulfide) groups is 1. The zero-order chi connectivity index (χ0) is 65.7. The summed E-state index contributed by atoms with van der Waals surface area (Å²) in [7, 11) is 8.58. The van der Waals surface area contributed by atoms with E-state index in [0.29, 0.717) is 118 Å². The Morgan fingerprint density at radius 3 is 1.43 bits per heavy atom. The number of nitrogens with one attached hydrogen (secondary N) is 9. The van der Waals surface area contributed by atoms with Crippen molar-refractivity contribution < 1.29 is 53.3 Å². The first-order chi connectivity index (χ1) is 43.8. The summed E-state index contributed by atoms with van der Waals surface area (Å²) >= 11 is 1.01. The van der Waals surface area contributed by atoms with Gasteiger partial charge in [-0.3, -0.25) is 49.1 Å². The number of aliphatic hydroxyl groups is 2. The maximum absolute atomic E-state index is 11.7. The number of Topliss-reactive ketones (excluding diaryl/α,β-unsaturated/α-hetero) is 1. The minimum absolute atomic E-state index is 0. The number of aromatic hydroxyl groups is 1. The van der Waals surface area contributed by atoms with Gasteiger partial charge in [0.15, 0.2) is 52.2 Å². The molecule has 1 saturated heterocycles. The summed E-state index contributed by atoms with van der Waals surface area (Å²) in [6.45, 7) is 3.15. The van der Waals surface area contributed by atoms with E-state index in [-0.39, 0.29) is 42.5 Å². The predicted molar refractivity (Wildman–Crippen MR) is 313 cm³/mol. The third-order valence-electron chi connectivity index (χ3n) is 12.6. The highest BCUT2D eigenvalue weighted by Crippen LogP contribution is 2.22. The molecule has 0 bridgehead atoms. The average Bonchev–Trinajstić information content (AvgIpc) is 1.70. The van der Waals surface area contributed by atoms with E-state index in [2.05, 4.69) is 134 Å². The molecule has 92 heavy (non-hydrogen) atoms. The summed E-state index contributed by atoms with van der Waals surface area (Å²) in [5, 5.41) is 115. The minimum Gasteiger partial charge on any atom is -0.504 e. The molecule has 44 nitrogen and oxygen atoms in total. The van der Waals surface area contributed by atoms with Gasteiger partial charge in [-0.25, -0.2) is 4.79 Å². The van der Waals surface area contributed by atoms with Crippen molar-refractivity contribution in [3.05, 3.63) is 92.8 Å². The molecule has 1 unspecified atom stereocenters. The van der Waals surface area contributed by atoms with E-state index >= 15 is 0 Å². The lowest BCUT2D eigenvalue weighted by atomic mass is 10.1. The van der Waals surface area contributed by atoms with Crippen LogP contribution in [-0.2, 0) is 62.6 Å². The molecule has 1 atom stereocenters. The van der Waals surface area contributed by atoms with Crippen molar-refractivity contribution in [1.82, 2.24) is 159 Å². The Hall–Kier alpha value is -11.4. The van der Waals surface area contributed by atoms with Crippen LogP contribution in [0.4, 0.5) is 15.3 Å². The van der Waals surface area contributed by atoms with Gasteiger partial charge in [0.25, 0.3) is 23.0 Å². The van der Waals surface area contributed by atoms with Crippen molar-refractivity contribution in [3.63, 3.8) is 0 Å². The highest BCUT2D eigenvalue weighted by atomic mass is 32.2. The molecule has 494 valence electrons. The van der Waals surface area contributed by atoms with Gasteiger partial charge in [0.1, 0.15) is 23.6 Å². The maximum Gasteiger partial charge on any atom is 0.317 e. The zero-order valence-electron chi connectivity index (χ0n) is 49.4. The first kappa shape index (κ1) is 71.3. The van der Waals surface area contributed by atoms with Crippen LogP contribution < -0.4 is 26.3 Å². The van der Waals surface area contributed by atoms with Crippen molar-refractivity contribution >= 4 is 58.0 Å². The van der Waals surface area contributed by atoms with Gasteiger partial charge in [-0.2, -0.15) is 31.3 Å². The third-order valence-corrected chi connectivity index (χ3v) is 13.7. The van der Waals surface area contributed by atoms with Crippen molar-refractivity contribution in [1.29, 1.82) is 0 Å². The number of ketones is 2. The lowest BCUT2D eigenvalue weighted by molar-refractivity contribution is -0.125. The SMILES string of the molecule is C.CN(CCCc1nn[nH]n1)C(=O)NCc1nn[nH]n1.CN(CCCc1nn[nH]n1)C1=C(O)C(=O)NC1=O.CN(CCCc1nn[nH]n1)C1=CC(=O)C=C(O)C1=O.CN(CCCc1nn[nH]n1)C1SC(=O)NC1=O.CN(CCCc1nn[nH]n1)c1cocc(O)c1=O.